The number of nitrogens with two attached hydrogens (primary N) is 1. The van der Waals surface area contributed by atoms with Crippen molar-refractivity contribution in [1.29, 1.82) is 0 Å². The normalized spacial score (nSPS) is 13.3. The Balaban J connectivity index is 0.00000156. The molecule has 2 heteroatoms. The van der Waals surface area contributed by atoms with E-state index in [1.807, 2.05) is 37.9 Å². The van der Waals surface area contributed by atoms with Gasteiger partial charge in [-0.1, -0.05) is 117 Å². The summed E-state index contributed by atoms with van der Waals surface area (Å²) in [5.41, 5.74) is 9.46. The molecule has 1 aliphatic carbocycles. The average Bonchev–Trinajstić information content (AvgIpc) is 3.35. The smallest absolute Gasteiger partial charge is 0.0572 e. The predicted octanol–water partition coefficient (Wildman–Crippen LogP) is 9.56. The van der Waals surface area contributed by atoms with Crippen LogP contribution in [-0.4, -0.2) is 0 Å². The Morgan fingerprint density at radius 1 is 0.730 bits per heavy atom. The lowest BCUT2D eigenvalue weighted by atomic mass is 10.0. The molecule has 186 valence electrons. The first-order valence-electron chi connectivity index (χ1n) is 13.1. The summed E-state index contributed by atoms with van der Waals surface area (Å²) < 4.78 is 0. The fourth-order valence-corrected chi connectivity index (χ4v) is 4.60. The van der Waals surface area contributed by atoms with Crippen molar-refractivity contribution in [3.05, 3.63) is 138 Å². The lowest BCUT2D eigenvalue weighted by molar-refractivity contribution is 0.956. The highest BCUT2D eigenvalue weighted by Crippen LogP contribution is 2.36. The molecule has 0 bridgehead atoms. The molecule has 0 unspecified atom stereocenters. The van der Waals surface area contributed by atoms with Crippen LogP contribution in [-0.2, 0) is 0 Å². The summed E-state index contributed by atoms with van der Waals surface area (Å²) in [4.78, 5) is 0. The number of benzene rings is 4. The Labute approximate surface area is 221 Å². The van der Waals surface area contributed by atoms with Crippen LogP contribution >= 0.6 is 0 Å². The zero-order chi connectivity index (χ0) is 26.2. The number of hydrogen-bond acceptors (Lipinski definition) is 2. The number of rotatable bonds is 6. The van der Waals surface area contributed by atoms with Crippen molar-refractivity contribution in [1.82, 2.24) is 0 Å². The van der Waals surface area contributed by atoms with Crippen LogP contribution in [0.2, 0.25) is 0 Å². The van der Waals surface area contributed by atoms with E-state index in [1.54, 1.807) is 0 Å². The van der Waals surface area contributed by atoms with Crippen LogP contribution in [0, 0.1) is 0 Å². The molecule has 0 saturated carbocycles. The fraction of sp³-hybridized carbons (Fsp3) is 0.143. The van der Waals surface area contributed by atoms with E-state index in [0.717, 1.165) is 17.8 Å². The number of allylic oxidation sites excluding steroid dienone is 6. The van der Waals surface area contributed by atoms with Gasteiger partial charge in [0.1, 0.15) is 0 Å². The van der Waals surface area contributed by atoms with Crippen molar-refractivity contribution in [3.63, 3.8) is 0 Å². The third-order valence-corrected chi connectivity index (χ3v) is 6.60. The molecule has 0 saturated heterocycles. The number of hydrazine groups is 1. The van der Waals surface area contributed by atoms with Crippen LogP contribution < -0.4 is 10.9 Å². The second-order valence-corrected chi connectivity index (χ2v) is 8.96. The van der Waals surface area contributed by atoms with Crippen molar-refractivity contribution in [3.8, 4) is 11.1 Å². The monoisotopic (exact) mass is 484 g/mol. The first-order valence-corrected chi connectivity index (χ1v) is 13.1. The first-order chi connectivity index (χ1) is 18.1. The van der Waals surface area contributed by atoms with Crippen LogP contribution in [0.25, 0.3) is 33.5 Å². The molecule has 37 heavy (non-hydrogen) atoms. The highest BCUT2D eigenvalue weighted by molar-refractivity contribution is 5.87. The lowest BCUT2D eigenvalue weighted by Gasteiger charge is -2.22. The molecule has 1 aliphatic rings. The molecule has 0 atom stereocenters. The maximum Gasteiger partial charge on any atom is 0.0572 e. The van der Waals surface area contributed by atoms with Gasteiger partial charge >= 0.3 is 0 Å². The number of anilines is 1. The van der Waals surface area contributed by atoms with Crippen LogP contribution in [0.4, 0.5) is 5.69 Å². The minimum Gasteiger partial charge on any atom is -0.283 e. The number of nitrogens with zero attached hydrogens (tertiary/aromatic N) is 1. The number of fused-ring (bicyclic) bond motifs is 1. The lowest BCUT2D eigenvalue weighted by Crippen LogP contribution is -2.30. The Morgan fingerprint density at radius 2 is 1.38 bits per heavy atom. The Bertz CT molecular complexity index is 1470. The summed E-state index contributed by atoms with van der Waals surface area (Å²) in [6.07, 6.45) is 11.3. The van der Waals surface area contributed by atoms with Crippen LogP contribution in [0.3, 0.4) is 0 Å². The van der Waals surface area contributed by atoms with E-state index < -0.39 is 0 Å². The summed E-state index contributed by atoms with van der Waals surface area (Å²) in [7, 11) is 0. The maximum absolute atomic E-state index is 6.61. The molecule has 4 aromatic rings. The Hall–Kier alpha value is -4.14. The van der Waals surface area contributed by atoms with Crippen LogP contribution in [0.5, 0.6) is 0 Å². The van der Waals surface area contributed by atoms with Gasteiger partial charge in [0, 0.05) is 12.1 Å². The summed E-state index contributed by atoms with van der Waals surface area (Å²) in [6, 6.07) is 32.3. The predicted molar refractivity (Wildman–Crippen MR) is 163 cm³/mol. The Morgan fingerprint density at radius 3 is 2.08 bits per heavy atom. The van der Waals surface area contributed by atoms with Crippen LogP contribution in [0.15, 0.2) is 127 Å². The van der Waals surface area contributed by atoms with Crippen molar-refractivity contribution in [2.24, 2.45) is 5.84 Å². The van der Waals surface area contributed by atoms with E-state index in [1.165, 1.54) is 44.2 Å². The van der Waals surface area contributed by atoms with Gasteiger partial charge in [0.05, 0.1) is 5.69 Å². The molecule has 0 aliphatic heterocycles. The third-order valence-electron chi connectivity index (χ3n) is 6.60. The van der Waals surface area contributed by atoms with Crippen molar-refractivity contribution >= 4 is 28.1 Å². The van der Waals surface area contributed by atoms with Gasteiger partial charge in [-0.2, -0.15) is 0 Å². The van der Waals surface area contributed by atoms with Gasteiger partial charge in [0.15, 0.2) is 0 Å². The topological polar surface area (TPSA) is 29.3 Å². The molecule has 2 N–H and O–H groups in total. The second-order valence-electron chi connectivity index (χ2n) is 8.96. The molecule has 0 amide bonds. The van der Waals surface area contributed by atoms with Gasteiger partial charge in [-0.05, 0) is 76.2 Å². The molecule has 0 radical (unpaired) electrons. The zero-order valence-electron chi connectivity index (χ0n) is 22.3. The molecule has 0 heterocycles. The quantitative estimate of drug-likeness (QED) is 0.168. The molecule has 0 aromatic heterocycles. The Kier molecular flexibility index (Phi) is 8.56. The van der Waals surface area contributed by atoms with Crippen LogP contribution in [0.1, 0.15) is 45.2 Å². The SMILES string of the molecule is C/C=C\C=C/c1ccc(C2=CC(C)=C(N(N)c3ccc(-c4ccc5ccccc5c4)cc3)C2)cc1.CC. The zero-order valence-corrected chi connectivity index (χ0v) is 22.3. The van der Waals surface area contributed by atoms with E-state index in [4.69, 9.17) is 5.84 Å². The minimum absolute atomic E-state index is 0.822. The number of hydrogen-bond donors (Lipinski definition) is 1. The molecule has 2 nitrogen and oxygen atoms in total. The summed E-state index contributed by atoms with van der Waals surface area (Å²) in [5, 5.41) is 4.34. The van der Waals surface area contributed by atoms with Crippen molar-refractivity contribution in [2.75, 3.05) is 5.01 Å². The van der Waals surface area contributed by atoms with Crippen molar-refractivity contribution < 1.29 is 0 Å². The van der Waals surface area contributed by atoms with E-state index in [0.29, 0.717) is 0 Å². The molecular weight excluding hydrogens is 448 g/mol. The van der Waals surface area contributed by atoms with Gasteiger partial charge in [0.25, 0.3) is 0 Å². The molecular formula is C35H36N2. The molecule has 0 fully saturated rings. The highest BCUT2D eigenvalue weighted by atomic mass is 15.4. The summed E-state index contributed by atoms with van der Waals surface area (Å²) in [6.45, 7) is 8.16. The van der Waals surface area contributed by atoms with E-state index >= 15 is 0 Å². The maximum atomic E-state index is 6.61. The van der Waals surface area contributed by atoms with Gasteiger partial charge in [-0.15, -0.1) is 0 Å². The molecule has 0 spiro atoms. The molecule has 4 aromatic carbocycles. The minimum atomic E-state index is 0.822. The average molecular weight is 485 g/mol. The third kappa shape index (κ3) is 5.99. The van der Waals surface area contributed by atoms with Gasteiger partial charge in [-0.25, -0.2) is 5.84 Å². The van der Waals surface area contributed by atoms with Gasteiger partial charge in [0.2, 0.25) is 0 Å². The van der Waals surface area contributed by atoms with Crippen molar-refractivity contribution in [2.45, 2.75) is 34.1 Å². The second kappa shape index (κ2) is 12.2. The molecule has 5 rings (SSSR count). The van der Waals surface area contributed by atoms with Gasteiger partial charge < -0.3 is 0 Å². The van der Waals surface area contributed by atoms with E-state index in [9.17, 15) is 0 Å². The van der Waals surface area contributed by atoms with Gasteiger partial charge in [-0.3, -0.25) is 5.01 Å². The first kappa shape index (κ1) is 25.9. The standard InChI is InChI=1S/C33H30N2.C2H6/c1-3-4-5-8-25-11-13-28(14-12-25)31-21-24(2)33(23-31)35(34)32-19-17-27(18-20-32)30-16-15-26-9-6-7-10-29(26)22-30;1-2/h3-22H,23,34H2,1-2H3;1-2H3/b4-3-,8-5-;. The summed E-state index contributed by atoms with van der Waals surface area (Å²) in [5.74, 6) is 6.61. The van der Waals surface area contributed by atoms with E-state index in [2.05, 4.69) is 116 Å². The largest absolute Gasteiger partial charge is 0.283 e. The summed E-state index contributed by atoms with van der Waals surface area (Å²) >= 11 is 0. The van der Waals surface area contributed by atoms with E-state index in [-0.39, 0.29) is 0 Å². The highest BCUT2D eigenvalue weighted by Gasteiger charge is 2.19. The fourth-order valence-electron chi connectivity index (χ4n) is 4.60.